The maximum atomic E-state index is 12.4. The molecule has 3 rings (SSSR count). The maximum absolute atomic E-state index is 12.4. The Morgan fingerprint density at radius 1 is 1.45 bits per heavy atom. The highest BCUT2D eigenvalue weighted by Gasteiger charge is 2.33. The van der Waals surface area contributed by atoms with Crippen molar-refractivity contribution in [3.05, 3.63) is 30.6 Å². The molecular weight excluding hydrogens is 302 g/mol. The zero-order valence-corrected chi connectivity index (χ0v) is 12.8. The summed E-state index contributed by atoms with van der Waals surface area (Å²) in [6, 6.07) is 5.06. The van der Waals surface area contributed by atoms with Crippen molar-refractivity contribution in [2.45, 2.75) is 13.0 Å². The summed E-state index contributed by atoms with van der Waals surface area (Å²) in [5.41, 5.74) is 1.90. The number of pyridine rings is 1. The molecule has 0 radical (unpaired) electrons. The van der Waals surface area contributed by atoms with Crippen LogP contribution in [0.1, 0.15) is 6.92 Å². The number of anilines is 1. The lowest BCUT2D eigenvalue weighted by Gasteiger charge is -2.21. The Labute approximate surface area is 131 Å². The molecule has 1 atom stereocenters. The third-order valence-corrected chi connectivity index (χ3v) is 4.42. The van der Waals surface area contributed by atoms with E-state index in [-0.39, 0.29) is 11.8 Å². The molecule has 114 valence electrons. The molecule has 0 spiro atoms. The van der Waals surface area contributed by atoms with Gasteiger partial charge in [0.1, 0.15) is 11.7 Å². The van der Waals surface area contributed by atoms with Crippen LogP contribution in [-0.4, -0.2) is 49.6 Å². The Bertz CT molecular complexity index is 688. The zero-order chi connectivity index (χ0) is 15.5. The van der Waals surface area contributed by atoms with Crippen LogP contribution in [0.4, 0.5) is 5.69 Å². The van der Waals surface area contributed by atoms with Gasteiger partial charge in [-0.1, -0.05) is 6.07 Å². The van der Waals surface area contributed by atoms with E-state index < -0.39 is 6.04 Å². The van der Waals surface area contributed by atoms with Crippen LogP contribution in [0.25, 0.3) is 11.4 Å². The summed E-state index contributed by atoms with van der Waals surface area (Å²) in [6.45, 7) is 1.48. The van der Waals surface area contributed by atoms with Crippen LogP contribution in [0.2, 0.25) is 0 Å². The summed E-state index contributed by atoms with van der Waals surface area (Å²) >= 11 is 1.57. The van der Waals surface area contributed by atoms with Gasteiger partial charge in [-0.05, 0) is 12.1 Å². The van der Waals surface area contributed by atoms with Gasteiger partial charge in [-0.2, -0.15) is 5.10 Å². The average molecular weight is 317 g/mol. The highest BCUT2D eigenvalue weighted by Crippen LogP contribution is 2.26. The average Bonchev–Trinajstić information content (AvgIpc) is 3.17. The number of aromatic nitrogens is 3. The summed E-state index contributed by atoms with van der Waals surface area (Å²) in [5, 5.41) is 9.64. The second-order valence-corrected chi connectivity index (χ2v) is 5.87. The summed E-state index contributed by atoms with van der Waals surface area (Å²) < 4.78 is 0. The van der Waals surface area contributed by atoms with Crippen molar-refractivity contribution in [3.8, 4) is 11.4 Å². The Morgan fingerprint density at radius 3 is 3.05 bits per heavy atom. The van der Waals surface area contributed by atoms with Crippen LogP contribution in [0.15, 0.2) is 30.6 Å². The summed E-state index contributed by atoms with van der Waals surface area (Å²) in [4.78, 5) is 29.8. The number of hydrogen-bond acceptors (Lipinski definition) is 5. The van der Waals surface area contributed by atoms with Gasteiger partial charge in [0.05, 0.1) is 23.5 Å². The van der Waals surface area contributed by atoms with E-state index in [0.717, 1.165) is 0 Å². The monoisotopic (exact) mass is 317 g/mol. The van der Waals surface area contributed by atoms with Gasteiger partial charge in [0.15, 0.2) is 0 Å². The fraction of sp³-hybridized carbons (Fsp3) is 0.286. The van der Waals surface area contributed by atoms with E-state index in [2.05, 4.69) is 20.5 Å². The Kier molecular flexibility index (Phi) is 4.10. The molecule has 0 aromatic carbocycles. The van der Waals surface area contributed by atoms with Gasteiger partial charge in [0.25, 0.3) is 0 Å². The number of H-pyrrole nitrogens is 1. The number of aromatic amines is 1. The largest absolute Gasteiger partial charge is 0.321 e. The lowest BCUT2D eigenvalue weighted by Crippen LogP contribution is -2.43. The molecule has 0 aliphatic carbocycles. The molecule has 1 fully saturated rings. The second-order valence-electron chi connectivity index (χ2n) is 4.87. The van der Waals surface area contributed by atoms with Gasteiger partial charge >= 0.3 is 0 Å². The van der Waals surface area contributed by atoms with Crippen LogP contribution in [0.5, 0.6) is 0 Å². The van der Waals surface area contributed by atoms with E-state index >= 15 is 0 Å². The molecule has 0 saturated carbocycles. The quantitative estimate of drug-likeness (QED) is 0.891. The van der Waals surface area contributed by atoms with Gasteiger partial charge in [-0.3, -0.25) is 19.7 Å². The van der Waals surface area contributed by atoms with E-state index in [0.29, 0.717) is 28.7 Å². The fourth-order valence-corrected chi connectivity index (χ4v) is 3.49. The Hall–Kier alpha value is -2.35. The minimum absolute atomic E-state index is 0.0951. The number of nitrogens with one attached hydrogen (secondary N) is 2. The van der Waals surface area contributed by atoms with Gasteiger partial charge in [0, 0.05) is 18.9 Å². The van der Waals surface area contributed by atoms with E-state index in [1.807, 2.05) is 18.2 Å². The SMILES string of the molecule is CC(=O)N1CSCC1C(=O)Nc1cn[nH]c1-c1ccccn1. The lowest BCUT2D eigenvalue weighted by atomic mass is 10.2. The van der Waals surface area contributed by atoms with Gasteiger partial charge in [0.2, 0.25) is 11.8 Å². The maximum Gasteiger partial charge on any atom is 0.248 e. The predicted molar refractivity (Wildman–Crippen MR) is 84.1 cm³/mol. The molecule has 8 heteroatoms. The molecule has 3 heterocycles. The number of hydrogen-bond donors (Lipinski definition) is 2. The van der Waals surface area contributed by atoms with Crippen molar-refractivity contribution in [2.75, 3.05) is 16.9 Å². The first kappa shape index (κ1) is 14.6. The first-order chi connectivity index (χ1) is 10.7. The number of amides is 2. The molecule has 2 amide bonds. The first-order valence-corrected chi connectivity index (χ1v) is 7.93. The highest BCUT2D eigenvalue weighted by atomic mass is 32.2. The van der Waals surface area contributed by atoms with Crippen molar-refractivity contribution >= 4 is 29.3 Å². The van der Waals surface area contributed by atoms with Crippen molar-refractivity contribution in [2.24, 2.45) is 0 Å². The molecule has 0 bridgehead atoms. The van der Waals surface area contributed by atoms with Crippen LogP contribution < -0.4 is 5.32 Å². The van der Waals surface area contributed by atoms with Crippen LogP contribution in [0.3, 0.4) is 0 Å². The number of nitrogens with zero attached hydrogens (tertiary/aromatic N) is 3. The molecule has 1 unspecified atom stereocenters. The molecule has 1 aliphatic rings. The van der Waals surface area contributed by atoms with E-state index in [1.54, 1.807) is 29.1 Å². The number of thioether (sulfide) groups is 1. The van der Waals surface area contributed by atoms with Crippen LogP contribution in [-0.2, 0) is 9.59 Å². The van der Waals surface area contributed by atoms with E-state index in [9.17, 15) is 9.59 Å². The number of rotatable bonds is 3. The smallest absolute Gasteiger partial charge is 0.248 e. The fourth-order valence-electron chi connectivity index (χ4n) is 2.27. The Balaban J connectivity index is 1.78. The van der Waals surface area contributed by atoms with Gasteiger partial charge in [-0.15, -0.1) is 11.8 Å². The summed E-state index contributed by atoms with van der Waals surface area (Å²) in [6.07, 6.45) is 3.22. The Morgan fingerprint density at radius 2 is 2.32 bits per heavy atom. The van der Waals surface area contributed by atoms with Crippen LogP contribution >= 0.6 is 11.8 Å². The molecule has 22 heavy (non-hydrogen) atoms. The van der Waals surface area contributed by atoms with E-state index in [4.69, 9.17) is 0 Å². The number of carbonyl (C=O) groups is 2. The third kappa shape index (κ3) is 2.82. The van der Waals surface area contributed by atoms with Crippen molar-refractivity contribution in [1.82, 2.24) is 20.1 Å². The number of carbonyl (C=O) groups excluding carboxylic acids is 2. The van der Waals surface area contributed by atoms with Crippen molar-refractivity contribution < 1.29 is 9.59 Å². The molecule has 1 saturated heterocycles. The molecule has 2 aromatic heterocycles. The summed E-state index contributed by atoms with van der Waals surface area (Å²) in [5.74, 6) is 0.842. The molecular formula is C14H15N5O2S. The van der Waals surface area contributed by atoms with Gasteiger partial charge in [-0.25, -0.2) is 0 Å². The second kappa shape index (κ2) is 6.18. The van der Waals surface area contributed by atoms with Crippen molar-refractivity contribution in [1.29, 1.82) is 0 Å². The zero-order valence-electron chi connectivity index (χ0n) is 11.9. The third-order valence-electron chi connectivity index (χ3n) is 3.41. The first-order valence-electron chi connectivity index (χ1n) is 6.77. The standard InChI is InChI=1S/C14H15N5O2S/c1-9(20)19-8-22-7-12(19)14(21)17-11-6-16-18-13(11)10-4-2-3-5-15-10/h2-6,12H,7-8H2,1H3,(H,16,18)(H,17,21). The minimum Gasteiger partial charge on any atom is -0.321 e. The highest BCUT2D eigenvalue weighted by molar-refractivity contribution is 7.99. The summed E-state index contributed by atoms with van der Waals surface area (Å²) in [7, 11) is 0. The molecule has 2 N–H and O–H groups in total. The minimum atomic E-state index is -0.450. The normalized spacial score (nSPS) is 17.5. The molecule has 1 aliphatic heterocycles. The molecule has 2 aromatic rings. The van der Waals surface area contributed by atoms with E-state index in [1.165, 1.54) is 6.92 Å². The van der Waals surface area contributed by atoms with Crippen LogP contribution in [0, 0.1) is 0 Å². The van der Waals surface area contributed by atoms with Gasteiger partial charge < -0.3 is 10.2 Å². The predicted octanol–water partition coefficient (Wildman–Crippen LogP) is 1.33. The van der Waals surface area contributed by atoms with Crippen molar-refractivity contribution in [3.63, 3.8) is 0 Å². The molecule has 7 nitrogen and oxygen atoms in total. The lowest BCUT2D eigenvalue weighted by molar-refractivity contribution is -0.134. The topological polar surface area (TPSA) is 91.0 Å².